The van der Waals surface area contributed by atoms with Crippen LogP contribution in [0, 0.1) is 11.8 Å². The van der Waals surface area contributed by atoms with Crippen LogP contribution in [-0.2, 0) is 9.47 Å². The lowest BCUT2D eigenvalue weighted by atomic mass is 9.95. The standard InChI is InChI=1S/C11H22O2/c1-8(2)9-6-10(12-7-9)13-11(3,4)5/h8-10H,6-7H2,1-5H3/t9-,10+/m1/s1. The minimum atomic E-state index is -0.0868. The molecule has 0 N–H and O–H groups in total. The third-order valence-electron chi connectivity index (χ3n) is 2.42. The van der Waals surface area contributed by atoms with E-state index < -0.39 is 0 Å². The van der Waals surface area contributed by atoms with Crippen LogP contribution in [0.15, 0.2) is 0 Å². The summed E-state index contributed by atoms with van der Waals surface area (Å²) in [5.74, 6) is 1.38. The largest absolute Gasteiger partial charge is 0.352 e. The van der Waals surface area contributed by atoms with Crippen LogP contribution in [-0.4, -0.2) is 18.5 Å². The molecular formula is C11H22O2. The van der Waals surface area contributed by atoms with Gasteiger partial charge in [0.1, 0.15) is 0 Å². The summed E-state index contributed by atoms with van der Waals surface area (Å²) in [6.45, 7) is 11.6. The first-order valence-corrected chi connectivity index (χ1v) is 5.18. The van der Waals surface area contributed by atoms with E-state index in [2.05, 4.69) is 34.6 Å². The Labute approximate surface area is 81.6 Å². The average molecular weight is 186 g/mol. The van der Waals surface area contributed by atoms with Crippen molar-refractivity contribution in [2.75, 3.05) is 6.61 Å². The highest BCUT2D eigenvalue weighted by Crippen LogP contribution is 2.29. The Morgan fingerprint density at radius 1 is 1.31 bits per heavy atom. The zero-order valence-electron chi connectivity index (χ0n) is 9.46. The number of hydrogen-bond donors (Lipinski definition) is 0. The fourth-order valence-corrected chi connectivity index (χ4v) is 1.56. The highest BCUT2D eigenvalue weighted by atomic mass is 16.7. The second-order valence-electron chi connectivity index (χ2n) is 5.23. The summed E-state index contributed by atoms with van der Waals surface area (Å²) in [6, 6.07) is 0. The SMILES string of the molecule is CC(C)[C@H]1CO[C@@H](OC(C)(C)C)C1. The Bertz CT molecular complexity index is 158. The van der Waals surface area contributed by atoms with Crippen molar-refractivity contribution in [3.05, 3.63) is 0 Å². The van der Waals surface area contributed by atoms with Crippen molar-refractivity contribution in [3.63, 3.8) is 0 Å². The monoisotopic (exact) mass is 186 g/mol. The molecule has 0 unspecified atom stereocenters. The maximum atomic E-state index is 5.76. The molecule has 1 rings (SSSR count). The van der Waals surface area contributed by atoms with Gasteiger partial charge in [-0.2, -0.15) is 0 Å². The molecule has 0 bridgehead atoms. The topological polar surface area (TPSA) is 18.5 Å². The Morgan fingerprint density at radius 2 is 1.92 bits per heavy atom. The predicted octanol–water partition coefficient (Wildman–Crippen LogP) is 2.82. The average Bonchev–Trinajstić information content (AvgIpc) is 2.31. The molecule has 1 saturated heterocycles. The number of ether oxygens (including phenoxy) is 2. The maximum Gasteiger partial charge on any atom is 0.158 e. The van der Waals surface area contributed by atoms with E-state index in [0.717, 1.165) is 13.0 Å². The van der Waals surface area contributed by atoms with Crippen LogP contribution >= 0.6 is 0 Å². The van der Waals surface area contributed by atoms with Gasteiger partial charge in [-0.15, -0.1) is 0 Å². The van der Waals surface area contributed by atoms with E-state index in [-0.39, 0.29) is 11.9 Å². The smallest absolute Gasteiger partial charge is 0.158 e. The van der Waals surface area contributed by atoms with E-state index in [1.54, 1.807) is 0 Å². The molecule has 0 radical (unpaired) electrons. The van der Waals surface area contributed by atoms with Gasteiger partial charge in [0.05, 0.1) is 12.2 Å². The van der Waals surface area contributed by atoms with Gasteiger partial charge in [0.25, 0.3) is 0 Å². The normalized spacial score (nSPS) is 30.0. The molecule has 1 aliphatic rings. The van der Waals surface area contributed by atoms with Crippen molar-refractivity contribution >= 4 is 0 Å². The molecule has 0 spiro atoms. The molecule has 0 aromatic rings. The summed E-state index contributed by atoms with van der Waals surface area (Å²) < 4.78 is 11.3. The molecule has 0 aromatic heterocycles. The zero-order chi connectivity index (χ0) is 10.1. The van der Waals surface area contributed by atoms with Crippen molar-refractivity contribution in [2.24, 2.45) is 11.8 Å². The maximum absolute atomic E-state index is 5.76. The first kappa shape index (κ1) is 11.0. The first-order valence-electron chi connectivity index (χ1n) is 5.18. The lowest BCUT2D eigenvalue weighted by Crippen LogP contribution is -2.26. The Morgan fingerprint density at radius 3 is 2.31 bits per heavy atom. The van der Waals surface area contributed by atoms with Crippen molar-refractivity contribution in [2.45, 2.75) is 52.9 Å². The Hall–Kier alpha value is -0.0800. The van der Waals surface area contributed by atoms with Crippen molar-refractivity contribution in [3.8, 4) is 0 Å². The molecule has 2 atom stereocenters. The molecule has 2 nitrogen and oxygen atoms in total. The Balaban J connectivity index is 2.33. The molecule has 2 heteroatoms. The molecule has 1 heterocycles. The lowest BCUT2D eigenvalue weighted by Gasteiger charge is -2.24. The molecule has 1 fully saturated rings. The van der Waals surface area contributed by atoms with Crippen LogP contribution in [0.4, 0.5) is 0 Å². The minimum absolute atomic E-state index is 0.0207. The van der Waals surface area contributed by atoms with Gasteiger partial charge in [-0.25, -0.2) is 0 Å². The fraction of sp³-hybridized carbons (Fsp3) is 1.00. The van der Waals surface area contributed by atoms with Gasteiger partial charge in [-0.05, 0) is 32.6 Å². The molecule has 0 amide bonds. The zero-order valence-corrected chi connectivity index (χ0v) is 9.46. The highest BCUT2D eigenvalue weighted by Gasteiger charge is 2.30. The molecule has 13 heavy (non-hydrogen) atoms. The summed E-state index contributed by atoms with van der Waals surface area (Å²) in [5, 5.41) is 0. The molecule has 78 valence electrons. The summed E-state index contributed by atoms with van der Waals surface area (Å²) in [4.78, 5) is 0. The van der Waals surface area contributed by atoms with Gasteiger partial charge in [-0.3, -0.25) is 0 Å². The summed E-state index contributed by atoms with van der Waals surface area (Å²) in [7, 11) is 0. The third kappa shape index (κ3) is 3.65. The molecule has 1 aliphatic heterocycles. The van der Waals surface area contributed by atoms with Crippen LogP contribution in [0.5, 0.6) is 0 Å². The van der Waals surface area contributed by atoms with E-state index in [1.165, 1.54) is 0 Å². The first-order chi connectivity index (χ1) is 5.88. The van der Waals surface area contributed by atoms with E-state index in [4.69, 9.17) is 9.47 Å². The van der Waals surface area contributed by atoms with E-state index in [9.17, 15) is 0 Å². The van der Waals surface area contributed by atoms with Crippen LogP contribution < -0.4 is 0 Å². The summed E-state index contributed by atoms with van der Waals surface area (Å²) in [6.07, 6.45) is 1.07. The van der Waals surface area contributed by atoms with Crippen LogP contribution in [0.2, 0.25) is 0 Å². The van der Waals surface area contributed by atoms with Crippen LogP contribution in [0.3, 0.4) is 0 Å². The van der Waals surface area contributed by atoms with Gasteiger partial charge >= 0.3 is 0 Å². The molecule has 0 aliphatic carbocycles. The summed E-state index contributed by atoms with van der Waals surface area (Å²) >= 11 is 0. The van der Waals surface area contributed by atoms with Crippen molar-refractivity contribution in [1.29, 1.82) is 0 Å². The van der Waals surface area contributed by atoms with Crippen molar-refractivity contribution in [1.82, 2.24) is 0 Å². The Kier molecular flexibility index (Phi) is 3.36. The lowest BCUT2D eigenvalue weighted by molar-refractivity contribution is -0.171. The van der Waals surface area contributed by atoms with Gasteiger partial charge in [0.2, 0.25) is 0 Å². The second-order valence-corrected chi connectivity index (χ2v) is 5.23. The van der Waals surface area contributed by atoms with E-state index in [1.807, 2.05) is 0 Å². The van der Waals surface area contributed by atoms with Crippen LogP contribution in [0.1, 0.15) is 41.0 Å². The highest BCUT2D eigenvalue weighted by molar-refractivity contribution is 4.73. The summed E-state index contributed by atoms with van der Waals surface area (Å²) in [5.41, 5.74) is -0.0868. The van der Waals surface area contributed by atoms with Gasteiger partial charge in [0.15, 0.2) is 6.29 Å². The van der Waals surface area contributed by atoms with E-state index >= 15 is 0 Å². The quantitative estimate of drug-likeness (QED) is 0.660. The van der Waals surface area contributed by atoms with E-state index in [0.29, 0.717) is 11.8 Å². The predicted molar refractivity (Wildman–Crippen MR) is 53.5 cm³/mol. The molecular weight excluding hydrogens is 164 g/mol. The van der Waals surface area contributed by atoms with Crippen molar-refractivity contribution < 1.29 is 9.47 Å². The molecule has 0 saturated carbocycles. The minimum Gasteiger partial charge on any atom is -0.352 e. The molecule has 0 aromatic carbocycles. The number of rotatable bonds is 2. The van der Waals surface area contributed by atoms with Gasteiger partial charge in [0, 0.05) is 6.42 Å². The second kappa shape index (κ2) is 3.97. The van der Waals surface area contributed by atoms with Crippen LogP contribution in [0.25, 0.3) is 0 Å². The van der Waals surface area contributed by atoms with Gasteiger partial charge in [-0.1, -0.05) is 13.8 Å². The van der Waals surface area contributed by atoms with Gasteiger partial charge < -0.3 is 9.47 Å². The number of hydrogen-bond acceptors (Lipinski definition) is 2. The fourth-order valence-electron chi connectivity index (χ4n) is 1.56. The third-order valence-corrected chi connectivity index (χ3v) is 2.42.